The van der Waals surface area contributed by atoms with Gasteiger partial charge in [0, 0.05) is 32.4 Å². The maximum absolute atomic E-state index is 12.6. The minimum Gasteiger partial charge on any atom is -0.379 e. The van der Waals surface area contributed by atoms with E-state index in [1.165, 1.54) is 16.6 Å². The molecular formula is C15H25N3O4S. The van der Waals surface area contributed by atoms with Crippen molar-refractivity contribution in [1.29, 1.82) is 0 Å². The van der Waals surface area contributed by atoms with Gasteiger partial charge in [-0.2, -0.15) is 4.31 Å². The fourth-order valence-corrected chi connectivity index (χ4v) is 4.12. The number of aromatic nitrogens is 1. The molecule has 1 aromatic rings. The Labute approximate surface area is 137 Å². The third-order valence-corrected chi connectivity index (χ3v) is 5.78. The summed E-state index contributed by atoms with van der Waals surface area (Å²) in [6, 6.07) is 1.50. The molecule has 1 aliphatic heterocycles. The van der Waals surface area contributed by atoms with Crippen LogP contribution in [0.25, 0.3) is 0 Å². The maximum atomic E-state index is 12.6. The number of morpholine rings is 1. The van der Waals surface area contributed by atoms with Crippen LogP contribution in [0, 0.1) is 0 Å². The summed E-state index contributed by atoms with van der Waals surface area (Å²) in [4.78, 5) is 12.5. The number of aryl methyl sites for hydroxylation is 1. The fourth-order valence-electron chi connectivity index (χ4n) is 2.64. The number of rotatable bonds is 6. The van der Waals surface area contributed by atoms with Crippen LogP contribution in [0.5, 0.6) is 0 Å². The minimum atomic E-state index is -3.58. The highest BCUT2D eigenvalue weighted by Crippen LogP contribution is 2.19. The average Bonchev–Trinajstić information content (AvgIpc) is 2.91. The normalized spacial score (nSPS) is 17.9. The number of hydrogen-bond donors (Lipinski definition) is 1. The number of nitrogens with one attached hydrogen (secondary N) is 1. The highest BCUT2D eigenvalue weighted by Gasteiger charge is 2.28. The Balaban J connectivity index is 2.18. The van der Waals surface area contributed by atoms with Crippen molar-refractivity contribution >= 4 is 15.9 Å². The van der Waals surface area contributed by atoms with Gasteiger partial charge in [-0.1, -0.05) is 13.3 Å². The SMILES string of the molecule is CCCC(C)NC(=O)c1cc(S(=O)(=O)N2CCOCC2)cn1C. The Kier molecular flexibility index (Phi) is 5.83. The monoisotopic (exact) mass is 343 g/mol. The van der Waals surface area contributed by atoms with E-state index in [1.807, 2.05) is 6.92 Å². The summed E-state index contributed by atoms with van der Waals surface area (Å²) in [5.41, 5.74) is 0.347. The fraction of sp³-hybridized carbons (Fsp3) is 0.667. The van der Waals surface area contributed by atoms with Gasteiger partial charge >= 0.3 is 0 Å². The highest BCUT2D eigenvalue weighted by atomic mass is 32.2. The topological polar surface area (TPSA) is 80.6 Å². The summed E-state index contributed by atoms with van der Waals surface area (Å²) in [5, 5.41) is 2.89. The molecule has 1 aliphatic rings. The summed E-state index contributed by atoms with van der Waals surface area (Å²) in [6.45, 7) is 5.47. The van der Waals surface area contributed by atoms with Crippen LogP contribution in [0.4, 0.5) is 0 Å². The van der Waals surface area contributed by atoms with Crippen LogP contribution in [0.3, 0.4) is 0 Å². The van der Waals surface area contributed by atoms with E-state index in [4.69, 9.17) is 4.74 Å². The number of sulfonamides is 1. The van der Waals surface area contributed by atoms with Crippen LogP contribution in [0.1, 0.15) is 37.2 Å². The Morgan fingerprint density at radius 1 is 1.39 bits per heavy atom. The molecule has 130 valence electrons. The molecule has 1 unspecified atom stereocenters. The molecule has 1 amide bonds. The first-order valence-corrected chi connectivity index (χ1v) is 9.35. The average molecular weight is 343 g/mol. The molecule has 8 heteroatoms. The highest BCUT2D eigenvalue weighted by molar-refractivity contribution is 7.89. The van der Waals surface area contributed by atoms with E-state index < -0.39 is 10.0 Å². The van der Waals surface area contributed by atoms with Crippen LogP contribution in [-0.2, 0) is 21.8 Å². The minimum absolute atomic E-state index is 0.0571. The molecule has 0 radical (unpaired) electrons. The van der Waals surface area contributed by atoms with Gasteiger partial charge < -0.3 is 14.6 Å². The van der Waals surface area contributed by atoms with Crippen molar-refractivity contribution in [2.24, 2.45) is 7.05 Å². The van der Waals surface area contributed by atoms with Crippen molar-refractivity contribution in [2.75, 3.05) is 26.3 Å². The third kappa shape index (κ3) is 4.13. The van der Waals surface area contributed by atoms with Gasteiger partial charge in [-0.15, -0.1) is 0 Å². The van der Waals surface area contributed by atoms with Crippen molar-refractivity contribution in [1.82, 2.24) is 14.2 Å². The first kappa shape index (κ1) is 18.0. The maximum Gasteiger partial charge on any atom is 0.268 e. The van der Waals surface area contributed by atoms with Crippen LogP contribution in [0.15, 0.2) is 17.2 Å². The predicted molar refractivity (Wildman–Crippen MR) is 86.8 cm³/mol. The van der Waals surface area contributed by atoms with Crippen LogP contribution < -0.4 is 5.32 Å². The second-order valence-corrected chi connectivity index (χ2v) is 7.79. The lowest BCUT2D eigenvalue weighted by Crippen LogP contribution is -2.40. The molecule has 1 fully saturated rings. The summed E-state index contributed by atoms with van der Waals surface area (Å²) in [6.07, 6.45) is 3.35. The van der Waals surface area contributed by atoms with Crippen LogP contribution in [0.2, 0.25) is 0 Å². The van der Waals surface area contributed by atoms with E-state index >= 15 is 0 Å². The Morgan fingerprint density at radius 3 is 2.65 bits per heavy atom. The summed E-state index contributed by atoms with van der Waals surface area (Å²) >= 11 is 0. The van der Waals surface area contributed by atoms with Crippen molar-refractivity contribution in [3.8, 4) is 0 Å². The van der Waals surface area contributed by atoms with E-state index in [2.05, 4.69) is 12.2 Å². The van der Waals surface area contributed by atoms with Gasteiger partial charge in [0.2, 0.25) is 10.0 Å². The molecule has 1 N–H and O–H groups in total. The van der Waals surface area contributed by atoms with Gasteiger partial charge in [-0.3, -0.25) is 4.79 Å². The molecular weight excluding hydrogens is 318 g/mol. The third-order valence-electron chi connectivity index (χ3n) is 3.92. The molecule has 7 nitrogen and oxygen atoms in total. The number of carbonyl (C=O) groups excluding carboxylic acids is 1. The lowest BCUT2D eigenvalue weighted by atomic mass is 10.2. The van der Waals surface area contributed by atoms with Gasteiger partial charge in [-0.25, -0.2) is 8.42 Å². The Hall–Kier alpha value is -1.38. The number of carbonyl (C=O) groups is 1. The largest absolute Gasteiger partial charge is 0.379 e. The van der Waals surface area contributed by atoms with Gasteiger partial charge in [0.05, 0.1) is 13.2 Å². The zero-order valence-corrected chi connectivity index (χ0v) is 14.7. The first-order valence-electron chi connectivity index (χ1n) is 7.91. The number of amides is 1. The molecule has 1 aromatic heterocycles. The molecule has 2 heterocycles. The molecule has 1 saturated heterocycles. The predicted octanol–water partition coefficient (Wildman–Crippen LogP) is 0.964. The number of ether oxygens (including phenoxy) is 1. The van der Waals surface area contributed by atoms with Gasteiger partial charge in [-0.05, 0) is 19.4 Å². The van der Waals surface area contributed by atoms with Crippen LogP contribution >= 0.6 is 0 Å². The van der Waals surface area contributed by atoms with E-state index in [9.17, 15) is 13.2 Å². The van der Waals surface area contributed by atoms with E-state index in [-0.39, 0.29) is 16.8 Å². The van der Waals surface area contributed by atoms with Crippen LogP contribution in [-0.4, -0.2) is 55.5 Å². The van der Waals surface area contributed by atoms with E-state index in [1.54, 1.807) is 11.6 Å². The molecule has 1 atom stereocenters. The lowest BCUT2D eigenvalue weighted by molar-refractivity contribution is 0.0730. The second-order valence-electron chi connectivity index (χ2n) is 5.85. The number of hydrogen-bond acceptors (Lipinski definition) is 4. The molecule has 0 spiro atoms. The molecule has 2 rings (SSSR count). The Morgan fingerprint density at radius 2 is 2.04 bits per heavy atom. The van der Waals surface area contributed by atoms with Gasteiger partial charge in [0.25, 0.3) is 5.91 Å². The standard InChI is InChI=1S/C15H25N3O4S/c1-4-5-12(2)16-15(19)14-10-13(11-17(14)3)23(20,21)18-6-8-22-9-7-18/h10-12H,4-9H2,1-3H3,(H,16,19). The lowest BCUT2D eigenvalue weighted by Gasteiger charge is -2.25. The van der Waals surface area contributed by atoms with Gasteiger partial charge in [0.1, 0.15) is 10.6 Å². The summed E-state index contributed by atoms with van der Waals surface area (Å²) in [7, 11) is -1.91. The molecule has 0 bridgehead atoms. The molecule has 0 saturated carbocycles. The zero-order chi connectivity index (χ0) is 17.0. The molecule has 0 aliphatic carbocycles. The van der Waals surface area contributed by atoms with Crippen molar-refractivity contribution in [3.63, 3.8) is 0 Å². The zero-order valence-electron chi connectivity index (χ0n) is 13.9. The van der Waals surface area contributed by atoms with E-state index in [0.29, 0.717) is 32.0 Å². The Bertz CT molecular complexity index is 648. The van der Waals surface area contributed by atoms with Crippen molar-refractivity contribution in [3.05, 3.63) is 18.0 Å². The molecule has 23 heavy (non-hydrogen) atoms. The second kappa shape index (κ2) is 7.46. The van der Waals surface area contributed by atoms with Crippen molar-refractivity contribution in [2.45, 2.75) is 37.6 Å². The first-order chi connectivity index (χ1) is 10.9. The number of nitrogens with zero attached hydrogens (tertiary/aromatic N) is 2. The van der Waals surface area contributed by atoms with E-state index in [0.717, 1.165) is 12.8 Å². The smallest absolute Gasteiger partial charge is 0.268 e. The van der Waals surface area contributed by atoms with Crippen molar-refractivity contribution < 1.29 is 17.9 Å². The summed E-state index contributed by atoms with van der Waals surface area (Å²) in [5.74, 6) is -0.253. The molecule has 0 aromatic carbocycles. The quantitative estimate of drug-likeness (QED) is 0.834. The van der Waals surface area contributed by atoms with Gasteiger partial charge in [0.15, 0.2) is 0 Å². The summed E-state index contributed by atoms with van der Waals surface area (Å²) < 4.78 is 33.4.